The number of anilines is 1. The lowest BCUT2D eigenvalue weighted by atomic mass is 10.2. The summed E-state index contributed by atoms with van der Waals surface area (Å²) in [5.41, 5.74) is 1.01. The van der Waals surface area contributed by atoms with E-state index in [1.807, 2.05) is 0 Å². The molecule has 2 aromatic rings. The fraction of sp³-hybridized carbons (Fsp3) is 0.333. The average Bonchev–Trinajstić information content (AvgIpc) is 2.70. The molecular weight excluding hydrogens is 311 g/mol. The summed E-state index contributed by atoms with van der Waals surface area (Å²) in [4.78, 5) is 17.8. The Bertz CT molecular complexity index is 663. The third-order valence-electron chi connectivity index (χ3n) is 3.49. The highest BCUT2D eigenvalue weighted by Gasteiger charge is 2.17. The number of aromatic nitrogens is 1. The summed E-state index contributed by atoms with van der Waals surface area (Å²) in [5.74, 6) is -1.10. The molecule has 0 spiro atoms. The molecule has 1 aromatic carbocycles. The van der Waals surface area contributed by atoms with E-state index < -0.39 is 11.7 Å². The summed E-state index contributed by atoms with van der Waals surface area (Å²) in [6.45, 7) is 0. The van der Waals surface area contributed by atoms with Crippen molar-refractivity contribution in [2.45, 2.75) is 32.1 Å². The van der Waals surface area contributed by atoms with E-state index in [0.29, 0.717) is 10.2 Å². The standard InChI is InChI=1S/C15H14ClFN2OS/c16-9-6-7-11(17)10(8-9)14(20)19-15-18-12-4-2-1-3-5-13(12)21-15/h6-8H,1-5H2,(H,18,19,20). The Morgan fingerprint density at radius 3 is 2.95 bits per heavy atom. The molecular formula is C15H14ClFN2OS. The highest BCUT2D eigenvalue weighted by molar-refractivity contribution is 7.15. The van der Waals surface area contributed by atoms with Gasteiger partial charge in [0, 0.05) is 9.90 Å². The second kappa shape index (κ2) is 6.12. The zero-order valence-corrected chi connectivity index (χ0v) is 12.9. The van der Waals surface area contributed by atoms with E-state index >= 15 is 0 Å². The van der Waals surface area contributed by atoms with E-state index in [-0.39, 0.29) is 5.56 Å². The normalized spacial score (nSPS) is 14.4. The summed E-state index contributed by atoms with van der Waals surface area (Å²) in [5, 5.41) is 3.54. The van der Waals surface area contributed by atoms with Gasteiger partial charge in [0.05, 0.1) is 11.3 Å². The lowest BCUT2D eigenvalue weighted by molar-refractivity contribution is 0.102. The molecule has 0 unspecified atom stereocenters. The molecule has 1 aromatic heterocycles. The zero-order chi connectivity index (χ0) is 14.8. The molecule has 1 N–H and O–H groups in total. The average molecular weight is 325 g/mol. The molecule has 110 valence electrons. The van der Waals surface area contributed by atoms with Crippen molar-refractivity contribution in [3.05, 3.63) is 45.2 Å². The minimum atomic E-state index is -0.588. The molecule has 0 saturated heterocycles. The highest BCUT2D eigenvalue weighted by atomic mass is 35.5. The van der Waals surface area contributed by atoms with E-state index in [1.165, 1.54) is 40.8 Å². The molecule has 0 aliphatic heterocycles. The number of aryl methyl sites for hydroxylation is 2. The van der Waals surface area contributed by atoms with Crippen LogP contribution < -0.4 is 5.32 Å². The minimum Gasteiger partial charge on any atom is -0.298 e. The fourth-order valence-corrected chi connectivity index (χ4v) is 3.64. The smallest absolute Gasteiger partial charge is 0.260 e. The number of fused-ring (bicyclic) bond motifs is 1. The predicted molar refractivity (Wildman–Crippen MR) is 82.7 cm³/mol. The van der Waals surface area contributed by atoms with Gasteiger partial charge in [0.25, 0.3) is 5.91 Å². The first-order valence-electron chi connectivity index (χ1n) is 6.88. The van der Waals surface area contributed by atoms with Crippen LogP contribution in [0.5, 0.6) is 0 Å². The molecule has 1 aliphatic rings. The Balaban J connectivity index is 1.80. The number of thiazole rings is 1. The molecule has 21 heavy (non-hydrogen) atoms. The van der Waals surface area contributed by atoms with Gasteiger partial charge in [0.2, 0.25) is 0 Å². The molecule has 6 heteroatoms. The molecule has 3 nitrogen and oxygen atoms in total. The number of halogens is 2. The van der Waals surface area contributed by atoms with Crippen molar-refractivity contribution in [2.24, 2.45) is 0 Å². The van der Waals surface area contributed by atoms with Gasteiger partial charge in [0.1, 0.15) is 5.82 Å². The van der Waals surface area contributed by atoms with Crippen LogP contribution in [0.2, 0.25) is 5.02 Å². The van der Waals surface area contributed by atoms with Gasteiger partial charge in [-0.05, 0) is 43.9 Å². The molecule has 3 rings (SSSR count). The van der Waals surface area contributed by atoms with Gasteiger partial charge in [-0.1, -0.05) is 18.0 Å². The van der Waals surface area contributed by atoms with E-state index in [9.17, 15) is 9.18 Å². The first-order chi connectivity index (χ1) is 10.1. The third kappa shape index (κ3) is 3.24. The maximum Gasteiger partial charge on any atom is 0.260 e. The van der Waals surface area contributed by atoms with E-state index in [0.717, 1.165) is 31.4 Å². The topological polar surface area (TPSA) is 42.0 Å². The van der Waals surface area contributed by atoms with Crippen LogP contribution in [0.3, 0.4) is 0 Å². The maximum atomic E-state index is 13.7. The monoisotopic (exact) mass is 324 g/mol. The van der Waals surface area contributed by atoms with E-state index in [2.05, 4.69) is 10.3 Å². The van der Waals surface area contributed by atoms with Crippen molar-refractivity contribution in [2.75, 3.05) is 5.32 Å². The lowest BCUT2D eigenvalue weighted by Crippen LogP contribution is -2.13. The number of carbonyl (C=O) groups excluding carboxylic acids is 1. The van der Waals surface area contributed by atoms with Crippen molar-refractivity contribution < 1.29 is 9.18 Å². The van der Waals surface area contributed by atoms with Crippen LogP contribution in [0.1, 0.15) is 40.2 Å². The van der Waals surface area contributed by atoms with E-state index in [4.69, 9.17) is 11.6 Å². The fourth-order valence-electron chi connectivity index (χ4n) is 2.42. The molecule has 0 fully saturated rings. The Morgan fingerprint density at radius 1 is 1.29 bits per heavy atom. The Morgan fingerprint density at radius 2 is 2.10 bits per heavy atom. The van der Waals surface area contributed by atoms with Crippen LogP contribution >= 0.6 is 22.9 Å². The Kier molecular flexibility index (Phi) is 4.22. The van der Waals surface area contributed by atoms with Crippen LogP contribution in [0.25, 0.3) is 0 Å². The molecule has 1 aliphatic carbocycles. The lowest BCUT2D eigenvalue weighted by Gasteiger charge is -2.03. The first-order valence-corrected chi connectivity index (χ1v) is 8.08. The Hall–Kier alpha value is -1.46. The largest absolute Gasteiger partial charge is 0.298 e. The van der Waals surface area contributed by atoms with E-state index in [1.54, 1.807) is 0 Å². The quantitative estimate of drug-likeness (QED) is 0.829. The van der Waals surface area contributed by atoms with Gasteiger partial charge >= 0.3 is 0 Å². The van der Waals surface area contributed by atoms with Crippen LogP contribution in [0.4, 0.5) is 9.52 Å². The van der Waals surface area contributed by atoms with Crippen molar-refractivity contribution >= 4 is 34.0 Å². The van der Waals surface area contributed by atoms with Crippen LogP contribution in [0, 0.1) is 5.82 Å². The second-order valence-electron chi connectivity index (χ2n) is 5.03. The van der Waals surface area contributed by atoms with Gasteiger partial charge in [0.15, 0.2) is 5.13 Å². The van der Waals surface area contributed by atoms with Crippen molar-refractivity contribution in [1.29, 1.82) is 0 Å². The molecule has 1 heterocycles. The summed E-state index contributed by atoms with van der Waals surface area (Å²) in [7, 11) is 0. The van der Waals surface area contributed by atoms with Crippen molar-refractivity contribution in [3.63, 3.8) is 0 Å². The second-order valence-corrected chi connectivity index (χ2v) is 6.55. The number of amides is 1. The molecule has 0 bridgehead atoms. The predicted octanol–water partition coefficient (Wildman–Crippen LogP) is 4.46. The minimum absolute atomic E-state index is 0.0621. The van der Waals surface area contributed by atoms with Crippen molar-refractivity contribution in [3.8, 4) is 0 Å². The maximum absolute atomic E-state index is 13.7. The summed E-state index contributed by atoms with van der Waals surface area (Å²) in [6, 6.07) is 3.93. The summed E-state index contributed by atoms with van der Waals surface area (Å²) < 4.78 is 13.7. The van der Waals surface area contributed by atoms with Crippen LogP contribution in [-0.2, 0) is 12.8 Å². The number of nitrogens with one attached hydrogen (secondary N) is 1. The van der Waals surface area contributed by atoms with Crippen molar-refractivity contribution in [1.82, 2.24) is 4.98 Å². The molecule has 0 atom stereocenters. The first kappa shape index (κ1) is 14.5. The summed E-state index contributed by atoms with van der Waals surface area (Å²) in [6.07, 6.45) is 5.47. The number of carbonyl (C=O) groups is 1. The molecule has 0 saturated carbocycles. The molecule has 0 radical (unpaired) electrons. The number of benzene rings is 1. The third-order valence-corrected chi connectivity index (χ3v) is 4.80. The number of nitrogens with zero attached hydrogens (tertiary/aromatic N) is 1. The van der Waals surface area contributed by atoms with Crippen LogP contribution in [-0.4, -0.2) is 10.9 Å². The number of hydrogen-bond donors (Lipinski definition) is 1. The summed E-state index contributed by atoms with van der Waals surface area (Å²) >= 11 is 7.29. The van der Waals surface area contributed by atoms with Crippen LogP contribution in [0.15, 0.2) is 18.2 Å². The van der Waals surface area contributed by atoms with Gasteiger partial charge in [-0.3, -0.25) is 10.1 Å². The molecule has 1 amide bonds. The number of hydrogen-bond acceptors (Lipinski definition) is 3. The highest BCUT2D eigenvalue weighted by Crippen LogP contribution is 2.29. The van der Waals surface area contributed by atoms with Gasteiger partial charge < -0.3 is 0 Å². The number of rotatable bonds is 2. The SMILES string of the molecule is O=C(Nc1nc2c(s1)CCCCC2)c1cc(Cl)ccc1F. The van der Waals surface area contributed by atoms with Gasteiger partial charge in [-0.25, -0.2) is 9.37 Å². The Labute approximate surface area is 131 Å². The van der Waals surface area contributed by atoms with Gasteiger partial charge in [-0.15, -0.1) is 11.3 Å². The van der Waals surface area contributed by atoms with Gasteiger partial charge in [-0.2, -0.15) is 0 Å². The zero-order valence-electron chi connectivity index (χ0n) is 11.3.